The third kappa shape index (κ3) is 4.36. The van der Waals surface area contributed by atoms with Crippen LogP contribution in [0.15, 0.2) is 35.7 Å². The Hall–Kier alpha value is -1.75. The number of amides is 2. The van der Waals surface area contributed by atoms with E-state index in [1.165, 1.54) is 11.8 Å². The summed E-state index contributed by atoms with van der Waals surface area (Å²) in [5.74, 6) is 0.260. The zero-order valence-electron chi connectivity index (χ0n) is 12.2. The Morgan fingerprint density at radius 3 is 2.81 bits per heavy atom. The van der Waals surface area contributed by atoms with E-state index >= 15 is 0 Å². The fourth-order valence-corrected chi connectivity index (χ4v) is 2.88. The minimum atomic E-state index is -0.106. The second kappa shape index (κ2) is 7.88. The third-order valence-corrected chi connectivity index (χ3v) is 4.02. The highest BCUT2D eigenvalue weighted by molar-refractivity contribution is 8.03. The van der Waals surface area contributed by atoms with E-state index in [1.807, 2.05) is 35.7 Å². The van der Waals surface area contributed by atoms with Crippen LogP contribution in [-0.4, -0.2) is 35.6 Å². The van der Waals surface area contributed by atoms with Crippen molar-refractivity contribution in [2.75, 3.05) is 18.8 Å². The van der Waals surface area contributed by atoms with E-state index in [0.29, 0.717) is 12.3 Å². The number of rotatable bonds is 6. The molecule has 1 aliphatic heterocycles. The molecule has 2 rings (SSSR count). The highest BCUT2D eigenvalue weighted by atomic mass is 32.2. The molecule has 1 aromatic carbocycles. The minimum absolute atomic E-state index is 0.0213. The number of hydrogen-bond donors (Lipinski definition) is 1. The standard InChI is InChI=1S/C16H20N2O2S/c1-2-3-9-17-15(19)10-18-14(11-21-12-16(18)20)13-7-5-4-6-8-13/h4-8,11H,2-3,9-10,12H2,1H3,(H,17,19). The summed E-state index contributed by atoms with van der Waals surface area (Å²) in [6, 6.07) is 9.70. The maximum atomic E-state index is 12.1. The van der Waals surface area contributed by atoms with Gasteiger partial charge in [0, 0.05) is 6.54 Å². The number of benzene rings is 1. The van der Waals surface area contributed by atoms with Crippen LogP contribution in [0.2, 0.25) is 0 Å². The Morgan fingerprint density at radius 2 is 2.10 bits per heavy atom. The van der Waals surface area contributed by atoms with E-state index in [4.69, 9.17) is 0 Å². The van der Waals surface area contributed by atoms with Crippen molar-refractivity contribution < 1.29 is 9.59 Å². The molecule has 112 valence electrons. The van der Waals surface area contributed by atoms with E-state index in [0.717, 1.165) is 24.1 Å². The Bertz CT molecular complexity index is 528. The van der Waals surface area contributed by atoms with Crippen molar-refractivity contribution in [2.45, 2.75) is 19.8 Å². The van der Waals surface area contributed by atoms with Gasteiger partial charge in [-0.1, -0.05) is 43.7 Å². The van der Waals surface area contributed by atoms with Gasteiger partial charge in [0.15, 0.2) is 0 Å². The van der Waals surface area contributed by atoms with Crippen molar-refractivity contribution in [2.24, 2.45) is 0 Å². The zero-order chi connectivity index (χ0) is 15.1. The first kappa shape index (κ1) is 15.6. The monoisotopic (exact) mass is 304 g/mol. The predicted octanol–water partition coefficient (Wildman–Crippen LogP) is 2.48. The van der Waals surface area contributed by atoms with Crippen LogP contribution in [0.25, 0.3) is 5.70 Å². The number of carbonyl (C=O) groups is 2. The summed E-state index contributed by atoms with van der Waals surface area (Å²) in [5.41, 5.74) is 1.77. The molecule has 1 aliphatic rings. The number of unbranched alkanes of at least 4 members (excludes halogenated alkanes) is 1. The Balaban J connectivity index is 2.07. The molecule has 21 heavy (non-hydrogen) atoms. The molecule has 4 nitrogen and oxygen atoms in total. The highest BCUT2D eigenvalue weighted by Gasteiger charge is 2.25. The second-order valence-corrected chi connectivity index (χ2v) is 5.72. The lowest BCUT2D eigenvalue weighted by Crippen LogP contribution is -2.41. The SMILES string of the molecule is CCCCNC(=O)CN1C(=O)CSC=C1c1ccccc1. The largest absolute Gasteiger partial charge is 0.355 e. The number of nitrogens with zero attached hydrogens (tertiary/aromatic N) is 1. The molecule has 0 aromatic heterocycles. The van der Waals surface area contributed by atoms with Crippen molar-refractivity contribution in [3.63, 3.8) is 0 Å². The molecule has 0 radical (unpaired) electrons. The van der Waals surface area contributed by atoms with Gasteiger partial charge in [-0.3, -0.25) is 9.59 Å². The predicted molar refractivity (Wildman–Crippen MR) is 86.5 cm³/mol. The smallest absolute Gasteiger partial charge is 0.240 e. The third-order valence-electron chi connectivity index (χ3n) is 3.22. The van der Waals surface area contributed by atoms with Gasteiger partial charge in [-0.2, -0.15) is 0 Å². The van der Waals surface area contributed by atoms with Crippen LogP contribution in [0.1, 0.15) is 25.3 Å². The van der Waals surface area contributed by atoms with Gasteiger partial charge in [0.1, 0.15) is 6.54 Å². The minimum Gasteiger partial charge on any atom is -0.355 e. The van der Waals surface area contributed by atoms with Crippen LogP contribution in [-0.2, 0) is 9.59 Å². The number of hydrogen-bond acceptors (Lipinski definition) is 3. The van der Waals surface area contributed by atoms with Crippen LogP contribution in [0.4, 0.5) is 0 Å². The Labute approximate surface area is 129 Å². The number of nitrogens with one attached hydrogen (secondary N) is 1. The second-order valence-electron chi connectivity index (χ2n) is 4.86. The molecule has 1 aromatic rings. The fourth-order valence-electron chi connectivity index (χ4n) is 2.08. The normalized spacial score (nSPS) is 14.8. The maximum absolute atomic E-state index is 12.1. The van der Waals surface area contributed by atoms with Crippen molar-refractivity contribution in [3.8, 4) is 0 Å². The molecular formula is C16H20N2O2S. The van der Waals surface area contributed by atoms with Crippen molar-refractivity contribution in [3.05, 3.63) is 41.3 Å². The van der Waals surface area contributed by atoms with Crippen LogP contribution in [0.3, 0.4) is 0 Å². The van der Waals surface area contributed by atoms with E-state index in [9.17, 15) is 9.59 Å². The summed E-state index contributed by atoms with van der Waals surface area (Å²) in [6.45, 7) is 2.83. The van der Waals surface area contributed by atoms with Gasteiger partial charge in [0.2, 0.25) is 11.8 Å². The molecule has 1 N–H and O–H groups in total. The molecule has 0 unspecified atom stereocenters. The van der Waals surface area contributed by atoms with Gasteiger partial charge in [-0.05, 0) is 17.4 Å². The van der Waals surface area contributed by atoms with E-state index < -0.39 is 0 Å². The molecule has 2 amide bonds. The summed E-state index contributed by atoms with van der Waals surface area (Å²) in [5, 5.41) is 4.81. The van der Waals surface area contributed by atoms with Gasteiger partial charge in [-0.15, -0.1) is 11.8 Å². The average Bonchev–Trinajstić information content (AvgIpc) is 2.50. The summed E-state index contributed by atoms with van der Waals surface area (Å²) in [6.07, 6.45) is 1.99. The quantitative estimate of drug-likeness (QED) is 0.821. The molecule has 0 saturated heterocycles. The van der Waals surface area contributed by atoms with Crippen LogP contribution < -0.4 is 5.32 Å². The molecule has 0 spiro atoms. The van der Waals surface area contributed by atoms with E-state index in [-0.39, 0.29) is 18.4 Å². The van der Waals surface area contributed by atoms with Gasteiger partial charge >= 0.3 is 0 Å². The van der Waals surface area contributed by atoms with E-state index in [2.05, 4.69) is 12.2 Å². The lowest BCUT2D eigenvalue weighted by atomic mass is 10.1. The average molecular weight is 304 g/mol. The summed E-state index contributed by atoms with van der Waals surface area (Å²) in [7, 11) is 0. The summed E-state index contributed by atoms with van der Waals surface area (Å²) >= 11 is 1.47. The summed E-state index contributed by atoms with van der Waals surface area (Å²) in [4.78, 5) is 25.7. The van der Waals surface area contributed by atoms with Crippen LogP contribution in [0.5, 0.6) is 0 Å². The molecule has 5 heteroatoms. The van der Waals surface area contributed by atoms with E-state index in [1.54, 1.807) is 4.90 Å². The van der Waals surface area contributed by atoms with Crippen molar-refractivity contribution in [1.82, 2.24) is 10.2 Å². The first-order chi connectivity index (χ1) is 10.2. The molecule has 0 saturated carbocycles. The van der Waals surface area contributed by atoms with Gasteiger partial charge in [-0.25, -0.2) is 0 Å². The Kier molecular flexibility index (Phi) is 5.87. The first-order valence-electron chi connectivity index (χ1n) is 7.16. The zero-order valence-corrected chi connectivity index (χ0v) is 13.0. The molecule has 1 heterocycles. The van der Waals surface area contributed by atoms with Gasteiger partial charge < -0.3 is 10.2 Å². The topological polar surface area (TPSA) is 49.4 Å². The lowest BCUT2D eigenvalue weighted by Gasteiger charge is -2.28. The number of thioether (sulfide) groups is 1. The van der Waals surface area contributed by atoms with Crippen molar-refractivity contribution >= 4 is 29.3 Å². The van der Waals surface area contributed by atoms with Crippen LogP contribution in [0, 0.1) is 0 Å². The fraction of sp³-hybridized carbons (Fsp3) is 0.375. The van der Waals surface area contributed by atoms with Gasteiger partial charge in [0.25, 0.3) is 0 Å². The molecule has 0 aliphatic carbocycles. The lowest BCUT2D eigenvalue weighted by molar-refractivity contribution is -0.131. The maximum Gasteiger partial charge on any atom is 0.240 e. The summed E-state index contributed by atoms with van der Waals surface area (Å²) < 4.78 is 0. The molecule has 0 atom stereocenters. The first-order valence-corrected chi connectivity index (χ1v) is 8.21. The highest BCUT2D eigenvalue weighted by Crippen LogP contribution is 2.27. The molecular weight excluding hydrogens is 284 g/mol. The molecule has 0 bridgehead atoms. The van der Waals surface area contributed by atoms with Crippen molar-refractivity contribution in [1.29, 1.82) is 0 Å². The van der Waals surface area contributed by atoms with Gasteiger partial charge in [0.05, 0.1) is 11.4 Å². The number of carbonyl (C=O) groups excluding carboxylic acids is 2. The van der Waals surface area contributed by atoms with Crippen LogP contribution >= 0.6 is 11.8 Å². The Morgan fingerprint density at radius 1 is 1.33 bits per heavy atom. The molecule has 0 fully saturated rings.